The van der Waals surface area contributed by atoms with Crippen molar-refractivity contribution in [1.29, 1.82) is 0 Å². The van der Waals surface area contributed by atoms with E-state index >= 15 is 0 Å². The molecule has 3 fully saturated rings. The van der Waals surface area contributed by atoms with Crippen LogP contribution in [0.25, 0.3) is 21.9 Å². The number of H-pyrrole nitrogens is 2. The van der Waals surface area contributed by atoms with Crippen LogP contribution >= 0.6 is 12.2 Å². The van der Waals surface area contributed by atoms with E-state index in [0.717, 1.165) is 112 Å². The Labute approximate surface area is 279 Å². The monoisotopic (exact) mass is 681 g/mol. The van der Waals surface area contributed by atoms with Crippen molar-refractivity contribution >= 4 is 66.5 Å². The van der Waals surface area contributed by atoms with Gasteiger partial charge in [-0.2, -0.15) is 0 Å². The number of sulfonamides is 1. The van der Waals surface area contributed by atoms with Crippen LogP contribution in [0.2, 0.25) is 0 Å². The number of anilines is 3. The predicted octanol–water partition coefficient (Wildman–Crippen LogP) is 3.06. The van der Waals surface area contributed by atoms with Gasteiger partial charge in [-0.05, 0) is 61.8 Å². The molecule has 0 bridgehead atoms. The number of aromatic nitrogens is 3. The second kappa shape index (κ2) is 13.7. The zero-order valence-corrected chi connectivity index (χ0v) is 28.1. The molecule has 4 N–H and O–H groups in total. The van der Waals surface area contributed by atoms with Gasteiger partial charge in [0, 0.05) is 42.5 Å². The minimum absolute atomic E-state index is 0.264. The van der Waals surface area contributed by atoms with Crippen molar-refractivity contribution in [1.82, 2.24) is 19.8 Å². The Morgan fingerprint density at radius 1 is 1.06 bits per heavy atom. The second-order valence-corrected chi connectivity index (χ2v) is 14.5. The SMILES string of the molecule is COc1cc2c(cc1OCCCN1CCOCC1)[nH]c1nc[nH+]c(N3CCN(C(=S)Nc4ccc(NS(=O)(=O)C5CC5)cc4)CC3)c12. The van der Waals surface area contributed by atoms with Gasteiger partial charge in [-0.1, -0.05) is 4.98 Å². The van der Waals surface area contributed by atoms with Gasteiger partial charge in [0.2, 0.25) is 27.8 Å². The third-order valence-corrected chi connectivity index (χ3v) is 11.1. The first-order chi connectivity index (χ1) is 22.9. The molecule has 13 nitrogen and oxygen atoms in total. The summed E-state index contributed by atoms with van der Waals surface area (Å²) in [6.45, 7) is 8.10. The molecule has 1 aliphatic carbocycles. The highest BCUT2D eigenvalue weighted by Gasteiger charge is 2.35. The van der Waals surface area contributed by atoms with Crippen LogP contribution < -0.4 is 29.4 Å². The molecule has 2 aromatic heterocycles. The van der Waals surface area contributed by atoms with Gasteiger partial charge in [-0.15, -0.1) is 0 Å². The van der Waals surface area contributed by atoms with E-state index in [1.807, 2.05) is 24.3 Å². The molecule has 0 radical (unpaired) electrons. The van der Waals surface area contributed by atoms with Gasteiger partial charge < -0.3 is 29.4 Å². The molecule has 0 spiro atoms. The Hall–Kier alpha value is -3.92. The van der Waals surface area contributed by atoms with Crippen molar-refractivity contribution in [2.45, 2.75) is 24.5 Å². The highest BCUT2D eigenvalue weighted by Crippen LogP contribution is 2.38. The number of thiocarbonyl (C=S) groups is 1. The van der Waals surface area contributed by atoms with E-state index in [1.165, 1.54) is 0 Å². The number of hydrogen-bond acceptors (Lipinski definition) is 9. The van der Waals surface area contributed by atoms with Crippen LogP contribution in [0.1, 0.15) is 19.3 Å². The molecule has 250 valence electrons. The Kier molecular flexibility index (Phi) is 9.21. The molecule has 7 rings (SSSR count). The zero-order valence-electron chi connectivity index (χ0n) is 26.5. The van der Waals surface area contributed by atoms with Crippen molar-refractivity contribution in [2.24, 2.45) is 0 Å². The number of ether oxygens (including phenoxy) is 3. The summed E-state index contributed by atoms with van der Waals surface area (Å²) in [6, 6.07) is 11.2. The predicted molar refractivity (Wildman–Crippen MR) is 186 cm³/mol. The molecule has 4 aromatic rings. The summed E-state index contributed by atoms with van der Waals surface area (Å²) in [6.07, 6.45) is 4.10. The largest absolute Gasteiger partial charge is 0.493 e. The number of fused-ring (bicyclic) bond motifs is 3. The number of benzene rings is 2. The number of aromatic amines is 2. The summed E-state index contributed by atoms with van der Waals surface area (Å²) in [7, 11) is -1.62. The summed E-state index contributed by atoms with van der Waals surface area (Å²) in [5.41, 5.74) is 3.10. The van der Waals surface area contributed by atoms with Crippen LogP contribution in [0.4, 0.5) is 17.2 Å². The molecular weight excluding hydrogens is 641 g/mol. The molecule has 0 unspecified atom stereocenters. The molecule has 4 heterocycles. The van der Waals surface area contributed by atoms with Gasteiger partial charge in [0.15, 0.2) is 16.6 Å². The smallest absolute Gasteiger partial charge is 0.235 e. The van der Waals surface area contributed by atoms with E-state index in [1.54, 1.807) is 25.6 Å². The quantitative estimate of drug-likeness (QED) is 0.159. The topological polar surface area (TPSA) is 138 Å². The highest BCUT2D eigenvalue weighted by molar-refractivity contribution is 7.93. The van der Waals surface area contributed by atoms with Crippen LogP contribution in [0.5, 0.6) is 11.5 Å². The molecule has 1 saturated carbocycles. The summed E-state index contributed by atoms with van der Waals surface area (Å²) in [5.74, 6) is 2.39. The summed E-state index contributed by atoms with van der Waals surface area (Å²) >= 11 is 5.74. The fraction of sp³-hybridized carbons (Fsp3) is 0.469. The lowest BCUT2D eigenvalue weighted by molar-refractivity contribution is -0.367. The van der Waals surface area contributed by atoms with Gasteiger partial charge in [0.25, 0.3) is 0 Å². The first kappa shape index (κ1) is 31.7. The number of methoxy groups -OCH3 is 1. The van der Waals surface area contributed by atoms with E-state index in [-0.39, 0.29) is 5.25 Å². The molecule has 2 saturated heterocycles. The summed E-state index contributed by atoms with van der Waals surface area (Å²) < 4.78 is 44.5. The molecule has 0 atom stereocenters. The highest BCUT2D eigenvalue weighted by atomic mass is 32.2. The van der Waals surface area contributed by atoms with Crippen molar-refractivity contribution in [2.75, 3.05) is 87.7 Å². The molecule has 3 aliphatic rings. The Balaban J connectivity index is 0.985. The van der Waals surface area contributed by atoms with E-state index < -0.39 is 10.0 Å². The first-order valence-electron chi connectivity index (χ1n) is 16.1. The average Bonchev–Trinajstić information content (AvgIpc) is 3.90. The van der Waals surface area contributed by atoms with Crippen LogP contribution in [-0.4, -0.2) is 111 Å². The Morgan fingerprint density at radius 2 is 1.81 bits per heavy atom. The van der Waals surface area contributed by atoms with Crippen molar-refractivity contribution in [3.8, 4) is 11.5 Å². The maximum atomic E-state index is 12.2. The number of morpholine rings is 1. The van der Waals surface area contributed by atoms with Gasteiger partial charge in [-0.3, -0.25) is 14.5 Å². The lowest BCUT2D eigenvalue weighted by atomic mass is 10.1. The van der Waals surface area contributed by atoms with Gasteiger partial charge in [0.05, 0.1) is 63.9 Å². The minimum atomic E-state index is -3.29. The summed E-state index contributed by atoms with van der Waals surface area (Å²) in [4.78, 5) is 18.3. The third-order valence-electron chi connectivity index (χ3n) is 8.92. The number of hydrogen-bond donors (Lipinski definition) is 3. The number of nitrogens with one attached hydrogen (secondary N) is 4. The van der Waals surface area contributed by atoms with Crippen molar-refractivity contribution < 1.29 is 27.6 Å². The Bertz CT molecular complexity index is 1830. The number of rotatable bonds is 11. The van der Waals surface area contributed by atoms with Crippen molar-refractivity contribution in [3.05, 3.63) is 42.7 Å². The standard InChI is InChI=1S/C32H40N8O5S2/c1-43-27-19-25-26(20-28(27)45-16-2-9-38-14-17-44-18-15-38)36-30-29(25)31(34-21-33-30)39-10-12-40(13-11-39)32(46)35-22-3-5-23(6-4-22)37-47(41,42)24-7-8-24/h3-6,19-21,24,37H,2,7-18H2,1H3,(H,35,46)(H,33,34,36)/p+1. The molecular formula is C32H41N8O5S2+. The molecule has 0 amide bonds. The average molecular weight is 682 g/mol. The number of nitrogens with zero attached hydrogens (tertiary/aromatic N) is 4. The first-order valence-corrected chi connectivity index (χ1v) is 18.1. The van der Waals surface area contributed by atoms with Crippen LogP contribution in [0.3, 0.4) is 0 Å². The molecule has 2 aliphatic heterocycles. The van der Waals surface area contributed by atoms with Crippen LogP contribution in [0, 0.1) is 0 Å². The fourth-order valence-electron chi connectivity index (χ4n) is 6.15. The second-order valence-electron chi connectivity index (χ2n) is 12.1. The lowest BCUT2D eigenvalue weighted by Crippen LogP contribution is -2.51. The van der Waals surface area contributed by atoms with E-state index in [2.05, 4.69) is 39.7 Å². The van der Waals surface area contributed by atoms with E-state index in [9.17, 15) is 8.42 Å². The van der Waals surface area contributed by atoms with E-state index in [4.69, 9.17) is 26.4 Å². The molecule has 15 heteroatoms. The van der Waals surface area contributed by atoms with Crippen LogP contribution in [-0.2, 0) is 14.8 Å². The number of piperazine rings is 1. The third kappa shape index (κ3) is 7.17. The summed E-state index contributed by atoms with van der Waals surface area (Å²) in [5, 5.41) is 5.69. The lowest BCUT2D eigenvalue weighted by Gasteiger charge is -2.34. The maximum absolute atomic E-state index is 12.2. The van der Waals surface area contributed by atoms with E-state index in [0.29, 0.717) is 28.9 Å². The fourth-order valence-corrected chi connectivity index (χ4v) is 7.84. The van der Waals surface area contributed by atoms with Gasteiger partial charge in [-0.25, -0.2) is 13.4 Å². The van der Waals surface area contributed by atoms with Gasteiger partial charge in [0.1, 0.15) is 5.39 Å². The van der Waals surface area contributed by atoms with Gasteiger partial charge >= 0.3 is 0 Å². The van der Waals surface area contributed by atoms with Crippen molar-refractivity contribution in [3.63, 3.8) is 0 Å². The molecule has 47 heavy (non-hydrogen) atoms. The van der Waals surface area contributed by atoms with Crippen LogP contribution in [0.15, 0.2) is 42.7 Å². The minimum Gasteiger partial charge on any atom is -0.493 e. The maximum Gasteiger partial charge on any atom is 0.235 e. The Morgan fingerprint density at radius 3 is 2.53 bits per heavy atom. The zero-order chi connectivity index (χ0) is 32.4. The normalized spacial score (nSPS) is 17.6. The molecule has 2 aromatic carbocycles.